The Morgan fingerprint density at radius 3 is 0.745 bits per heavy atom. The third-order valence-corrected chi connectivity index (χ3v) is 17.6. The molecular formula is C50H40N2OP2. The Morgan fingerprint density at radius 1 is 0.273 bits per heavy atom. The first-order valence-electron chi connectivity index (χ1n) is 18.7. The Balaban J connectivity index is 1.21. The molecule has 0 radical (unpaired) electrons. The van der Waals surface area contributed by atoms with Gasteiger partial charge in [-0.05, 0) is 12.1 Å². The van der Waals surface area contributed by atoms with Crippen LogP contribution >= 0.6 is 14.1 Å². The van der Waals surface area contributed by atoms with E-state index in [0.29, 0.717) is 0 Å². The normalized spacial score (nSPS) is 15.2. The van der Waals surface area contributed by atoms with Crippen molar-refractivity contribution in [2.45, 2.75) is 12.2 Å². The van der Waals surface area contributed by atoms with Gasteiger partial charge < -0.3 is 4.74 Å². The van der Waals surface area contributed by atoms with E-state index >= 15 is 0 Å². The van der Waals surface area contributed by atoms with E-state index in [-0.39, 0.29) is 12.2 Å². The summed E-state index contributed by atoms with van der Waals surface area (Å²) in [4.78, 5) is 0. The van der Waals surface area contributed by atoms with Gasteiger partial charge in [-0.25, -0.2) is 0 Å². The van der Waals surface area contributed by atoms with Gasteiger partial charge in [0.15, 0.2) is 0 Å². The van der Waals surface area contributed by atoms with Gasteiger partial charge in [-0.2, -0.15) is 0 Å². The van der Waals surface area contributed by atoms with Crippen LogP contribution in [0.3, 0.4) is 0 Å². The molecule has 1 aliphatic heterocycles. The molecule has 0 amide bonds. The summed E-state index contributed by atoms with van der Waals surface area (Å²) in [6.07, 6.45) is -0.336. The fourth-order valence-corrected chi connectivity index (χ4v) is 14.8. The molecule has 55 heavy (non-hydrogen) atoms. The molecule has 9 rings (SSSR count). The maximum absolute atomic E-state index is 6.74. The third-order valence-electron chi connectivity index (χ3n) is 10.3. The van der Waals surface area contributed by atoms with Crippen molar-refractivity contribution >= 4 is 57.3 Å². The molecule has 5 heteroatoms. The fraction of sp³-hybridized carbons (Fsp3) is 0.0400. The van der Waals surface area contributed by atoms with Crippen LogP contribution in [0.2, 0.25) is 0 Å². The zero-order valence-corrected chi connectivity index (χ0v) is 32.1. The van der Waals surface area contributed by atoms with Crippen LogP contribution in [0, 0.1) is 0 Å². The van der Waals surface area contributed by atoms with Crippen LogP contribution in [0.1, 0.15) is 23.3 Å². The second-order valence-electron chi connectivity index (χ2n) is 13.6. The molecule has 3 nitrogen and oxygen atoms in total. The molecule has 1 fully saturated rings. The lowest BCUT2D eigenvalue weighted by Gasteiger charge is -2.27. The summed E-state index contributed by atoms with van der Waals surface area (Å²) >= 11 is 0. The Labute approximate surface area is 324 Å². The standard InChI is InChI=1S/C50H40N2OP2/c1-7-23-39(24-8-1)54(40-25-9-2-10-26-40,41-27-11-3-12-28-41)51-47-37-21-19-35-45(47)49-50(53-49)46-36-20-22-38-48(46)52-55(42-29-13-4-14-30-42,43-31-15-5-16-32-43)44-33-17-6-18-34-44/h1-38,49-50H/t49-,50-/m1/s1. The van der Waals surface area contributed by atoms with E-state index < -0.39 is 14.1 Å². The maximum atomic E-state index is 6.74. The minimum absolute atomic E-state index is 0.168. The number of ether oxygens (including phenoxy) is 1. The van der Waals surface area contributed by atoms with Gasteiger partial charge in [0.1, 0.15) is 12.2 Å². The van der Waals surface area contributed by atoms with Gasteiger partial charge in [0.05, 0.1) is 25.5 Å². The molecule has 0 spiro atoms. The van der Waals surface area contributed by atoms with E-state index in [1.807, 2.05) is 0 Å². The molecule has 0 unspecified atom stereocenters. The van der Waals surface area contributed by atoms with Gasteiger partial charge in [0.25, 0.3) is 0 Å². The van der Waals surface area contributed by atoms with E-state index in [2.05, 4.69) is 231 Å². The van der Waals surface area contributed by atoms with Gasteiger partial charge in [-0.1, -0.05) is 218 Å². The van der Waals surface area contributed by atoms with Crippen LogP contribution in [0.15, 0.2) is 240 Å². The summed E-state index contributed by atoms with van der Waals surface area (Å²) < 4.78 is 18.5. The van der Waals surface area contributed by atoms with E-state index in [0.717, 1.165) is 22.5 Å². The molecule has 1 aliphatic rings. The fourth-order valence-electron chi connectivity index (χ4n) is 7.65. The summed E-state index contributed by atoms with van der Waals surface area (Å²) in [6.45, 7) is 0. The van der Waals surface area contributed by atoms with Crippen LogP contribution in [0.5, 0.6) is 0 Å². The van der Waals surface area contributed by atoms with Crippen molar-refractivity contribution < 1.29 is 4.74 Å². The molecule has 266 valence electrons. The van der Waals surface area contributed by atoms with E-state index in [9.17, 15) is 0 Å². The number of benzene rings is 8. The van der Waals surface area contributed by atoms with E-state index in [4.69, 9.17) is 14.2 Å². The van der Waals surface area contributed by atoms with Crippen molar-refractivity contribution in [2.24, 2.45) is 9.49 Å². The summed E-state index contributed by atoms with van der Waals surface area (Å²) in [5, 5.41) is 7.26. The first-order chi connectivity index (χ1) is 27.3. The highest BCUT2D eigenvalue weighted by Crippen LogP contribution is 2.59. The van der Waals surface area contributed by atoms with Crippen LogP contribution in [0.25, 0.3) is 0 Å². The Morgan fingerprint density at radius 2 is 0.491 bits per heavy atom. The Bertz CT molecular complexity index is 2240. The molecule has 2 atom stereocenters. The second-order valence-corrected chi connectivity index (χ2v) is 19.6. The highest BCUT2D eigenvalue weighted by Gasteiger charge is 2.44. The SMILES string of the molecule is c1ccc(P(=Nc2ccccc2[C@H]2O[C@@H]2c2ccccc2N=P(c2ccccc2)(c2ccccc2)c2ccccc2)(c2ccccc2)c2ccccc2)cc1. The number of nitrogens with zero attached hydrogens (tertiary/aromatic N) is 2. The van der Waals surface area contributed by atoms with Gasteiger partial charge in [0.2, 0.25) is 0 Å². The molecule has 0 N–H and O–H groups in total. The molecule has 1 saturated heterocycles. The van der Waals surface area contributed by atoms with Crippen LogP contribution in [0.4, 0.5) is 11.4 Å². The highest BCUT2D eigenvalue weighted by molar-refractivity contribution is 7.88. The quantitative estimate of drug-likeness (QED) is 0.101. The summed E-state index contributed by atoms with van der Waals surface area (Å²) in [5.41, 5.74) is 4.08. The molecular weight excluding hydrogens is 707 g/mol. The van der Waals surface area contributed by atoms with Crippen molar-refractivity contribution in [1.29, 1.82) is 0 Å². The predicted octanol–water partition coefficient (Wildman–Crippen LogP) is 11.1. The lowest BCUT2D eigenvalue weighted by Crippen LogP contribution is -2.25. The first kappa shape index (κ1) is 34.9. The predicted molar refractivity (Wildman–Crippen MR) is 234 cm³/mol. The molecule has 1 heterocycles. The number of hydrogen-bond acceptors (Lipinski definition) is 3. The van der Waals surface area contributed by atoms with Gasteiger partial charge in [-0.3, -0.25) is 9.49 Å². The number of epoxide rings is 1. The molecule has 0 aliphatic carbocycles. The summed E-state index contributed by atoms with van der Waals surface area (Å²) in [7, 11) is -4.98. The van der Waals surface area contributed by atoms with Gasteiger partial charge >= 0.3 is 0 Å². The van der Waals surface area contributed by atoms with Gasteiger partial charge in [-0.15, -0.1) is 0 Å². The molecule has 8 aromatic rings. The Hall–Kier alpha value is -5.82. The zero-order chi connectivity index (χ0) is 36.9. The Kier molecular flexibility index (Phi) is 9.84. The minimum Gasteiger partial charge on any atom is -0.359 e. The second kappa shape index (κ2) is 15.5. The van der Waals surface area contributed by atoms with Gasteiger partial charge in [0, 0.05) is 43.0 Å². The molecule has 0 aromatic heterocycles. The number of rotatable bonds is 10. The first-order valence-corrected chi connectivity index (χ1v) is 22.2. The highest BCUT2D eigenvalue weighted by atomic mass is 31.2. The van der Waals surface area contributed by atoms with Crippen molar-refractivity contribution in [3.8, 4) is 0 Å². The van der Waals surface area contributed by atoms with Crippen molar-refractivity contribution in [1.82, 2.24) is 0 Å². The monoisotopic (exact) mass is 746 g/mol. The topological polar surface area (TPSA) is 37.2 Å². The van der Waals surface area contributed by atoms with E-state index in [1.54, 1.807) is 0 Å². The van der Waals surface area contributed by atoms with Crippen molar-refractivity contribution in [2.75, 3.05) is 0 Å². The van der Waals surface area contributed by atoms with Crippen LogP contribution in [-0.2, 0) is 4.74 Å². The average Bonchev–Trinajstić information content (AvgIpc) is 4.08. The van der Waals surface area contributed by atoms with Crippen LogP contribution in [-0.4, -0.2) is 0 Å². The summed E-state index contributed by atoms with van der Waals surface area (Å²) in [6, 6.07) is 81.9. The van der Waals surface area contributed by atoms with Crippen molar-refractivity contribution in [3.63, 3.8) is 0 Å². The lowest BCUT2D eigenvalue weighted by molar-refractivity contribution is 0.378. The largest absolute Gasteiger partial charge is 0.359 e. The lowest BCUT2D eigenvalue weighted by atomic mass is 10.0. The van der Waals surface area contributed by atoms with Crippen LogP contribution < -0.4 is 31.8 Å². The molecule has 8 aromatic carbocycles. The zero-order valence-electron chi connectivity index (χ0n) is 30.3. The number of hydrogen-bond donors (Lipinski definition) is 0. The minimum atomic E-state index is -2.49. The van der Waals surface area contributed by atoms with Crippen molar-refractivity contribution in [3.05, 3.63) is 242 Å². The molecule has 0 saturated carbocycles. The summed E-state index contributed by atoms with van der Waals surface area (Å²) in [5.74, 6) is 0. The maximum Gasteiger partial charge on any atom is 0.116 e. The van der Waals surface area contributed by atoms with E-state index in [1.165, 1.54) is 31.8 Å². The molecule has 0 bridgehead atoms. The average molecular weight is 747 g/mol. The third kappa shape index (κ3) is 6.66. The smallest absolute Gasteiger partial charge is 0.116 e.